The van der Waals surface area contributed by atoms with Gasteiger partial charge in [-0.05, 0) is 30.4 Å². The number of hydrogen-bond donors (Lipinski definition) is 1. The van der Waals surface area contributed by atoms with Crippen molar-refractivity contribution < 1.29 is 19.4 Å². The summed E-state index contributed by atoms with van der Waals surface area (Å²) in [4.78, 5) is 24.1. The molecule has 3 unspecified atom stereocenters. The molecular weight excluding hydrogens is 280 g/mol. The van der Waals surface area contributed by atoms with Gasteiger partial charge in [0.15, 0.2) is 0 Å². The lowest BCUT2D eigenvalue weighted by atomic mass is 9.81. The van der Waals surface area contributed by atoms with Crippen molar-refractivity contribution in [2.75, 3.05) is 7.11 Å². The molecule has 4 nitrogen and oxygen atoms in total. The number of aliphatic hydroxyl groups excluding tert-OH is 1. The van der Waals surface area contributed by atoms with Gasteiger partial charge in [0.25, 0.3) is 0 Å². The molecule has 0 aromatic heterocycles. The largest absolute Gasteiger partial charge is 0.463 e. The number of ketones is 1. The molecule has 0 amide bonds. The highest BCUT2D eigenvalue weighted by molar-refractivity contribution is 6.34. The van der Waals surface area contributed by atoms with E-state index < -0.39 is 23.8 Å². The van der Waals surface area contributed by atoms with Crippen molar-refractivity contribution in [1.82, 2.24) is 0 Å². The van der Waals surface area contributed by atoms with Crippen molar-refractivity contribution >= 4 is 17.8 Å². The normalized spacial score (nSPS) is 18.6. The van der Waals surface area contributed by atoms with Gasteiger partial charge in [-0.15, -0.1) is 0 Å². The summed E-state index contributed by atoms with van der Waals surface area (Å²) < 4.78 is 4.60. The van der Waals surface area contributed by atoms with Crippen molar-refractivity contribution in [3.63, 3.8) is 0 Å². The van der Waals surface area contributed by atoms with Gasteiger partial charge in [0.05, 0.1) is 13.2 Å². The Morgan fingerprint density at radius 2 is 2.00 bits per heavy atom. The van der Waals surface area contributed by atoms with Crippen molar-refractivity contribution in [2.45, 2.75) is 38.2 Å². The Kier molecular flexibility index (Phi) is 5.50. The third kappa shape index (κ3) is 3.45. The SMILES string of the molecule is CCC(O)CCC(C(=O)C(=O)OC)C1C=Cc2ccccc21. The molecule has 0 fully saturated rings. The number of carbonyl (C=O) groups excluding carboxylic acids is 2. The van der Waals surface area contributed by atoms with Crippen LogP contribution in [0.2, 0.25) is 0 Å². The minimum atomic E-state index is -0.811. The molecule has 0 bridgehead atoms. The van der Waals surface area contributed by atoms with Crippen molar-refractivity contribution in [3.8, 4) is 0 Å². The number of hydrogen-bond acceptors (Lipinski definition) is 4. The van der Waals surface area contributed by atoms with E-state index in [1.807, 2.05) is 43.3 Å². The van der Waals surface area contributed by atoms with E-state index in [0.29, 0.717) is 19.3 Å². The van der Waals surface area contributed by atoms with Crippen LogP contribution in [0.3, 0.4) is 0 Å². The Morgan fingerprint density at radius 3 is 2.68 bits per heavy atom. The lowest BCUT2D eigenvalue weighted by Gasteiger charge is -2.22. The van der Waals surface area contributed by atoms with Crippen LogP contribution in [-0.4, -0.2) is 30.1 Å². The number of methoxy groups -OCH3 is 1. The van der Waals surface area contributed by atoms with Gasteiger partial charge in [0.1, 0.15) is 0 Å². The molecule has 1 aliphatic rings. The summed E-state index contributed by atoms with van der Waals surface area (Å²) >= 11 is 0. The second-order valence-electron chi connectivity index (χ2n) is 5.62. The summed E-state index contributed by atoms with van der Waals surface area (Å²) in [5, 5.41) is 9.78. The number of aliphatic hydroxyl groups is 1. The zero-order valence-electron chi connectivity index (χ0n) is 13.0. The summed E-state index contributed by atoms with van der Waals surface area (Å²) in [6, 6.07) is 7.85. The molecule has 1 aliphatic carbocycles. The standard InChI is InChI=1S/C18H22O4/c1-3-13(19)9-11-16(17(20)18(21)22-2)15-10-8-12-6-4-5-7-14(12)15/h4-8,10,13,15-16,19H,3,9,11H2,1-2H3. The molecule has 0 radical (unpaired) electrons. The number of ether oxygens (including phenoxy) is 1. The molecule has 0 spiro atoms. The number of carbonyl (C=O) groups is 2. The molecule has 22 heavy (non-hydrogen) atoms. The second-order valence-corrected chi connectivity index (χ2v) is 5.62. The quantitative estimate of drug-likeness (QED) is 0.621. The maximum absolute atomic E-state index is 12.4. The maximum atomic E-state index is 12.4. The van der Waals surface area contributed by atoms with E-state index in [4.69, 9.17) is 0 Å². The number of esters is 1. The van der Waals surface area contributed by atoms with Gasteiger partial charge < -0.3 is 9.84 Å². The highest BCUT2D eigenvalue weighted by Gasteiger charge is 2.35. The van der Waals surface area contributed by atoms with Crippen LogP contribution in [-0.2, 0) is 14.3 Å². The minimum Gasteiger partial charge on any atom is -0.463 e. The molecule has 118 valence electrons. The van der Waals surface area contributed by atoms with E-state index >= 15 is 0 Å². The number of Topliss-reactive ketones (excluding diaryl/α,β-unsaturated/α-hetero) is 1. The highest BCUT2D eigenvalue weighted by atomic mass is 16.5. The summed E-state index contributed by atoms with van der Waals surface area (Å²) in [5.41, 5.74) is 2.13. The van der Waals surface area contributed by atoms with Crippen LogP contribution in [0, 0.1) is 5.92 Å². The van der Waals surface area contributed by atoms with Crippen LogP contribution in [0.1, 0.15) is 43.2 Å². The van der Waals surface area contributed by atoms with Gasteiger partial charge >= 0.3 is 5.97 Å². The fourth-order valence-corrected chi connectivity index (χ4v) is 2.93. The van der Waals surface area contributed by atoms with Gasteiger partial charge in [-0.25, -0.2) is 4.79 Å². The Labute approximate surface area is 130 Å². The number of benzene rings is 1. The van der Waals surface area contributed by atoms with Crippen LogP contribution in [0.15, 0.2) is 30.3 Å². The highest BCUT2D eigenvalue weighted by Crippen LogP contribution is 2.38. The zero-order valence-corrected chi connectivity index (χ0v) is 13.0. The molecule has 2 rings (SSSR count). The average Bonchev–Trinajstić information content (AvgIpc) is 2.97. The Hall–Kier alpha value is -1.94. The minimum absolute atomic E-state index is 0.133. The Balaban J connectivity index is 2.23. The van der Waals surface area contributed by atoms with Crippen LogP contribution in [0.25, 0.3) is 6.08 Å². The number of rotatable bonds is 7. The molecule has 0 saturated carbocycles. The number of fused-ring (bicyclic) bond motifs is 1. The van der Waals surface area contributed by atoms with Gasteiger partial charge in [-0.1, -0.05) is 43.3 Å². The first-order valence-electron chi connectivity index (χ1n) is 7.65. The molecule has 0 heterocycles. The van der Waals surface area contributed by atoms with E-state index in [-0.39, 0.29) is 5.92 Å². The number of allylic oxidation sites excluding steroid dienone is 1. The second kappa shape index (κ2) is 7.36. The summed E-state index contributed by atoms with van der Waals surface area (Å²) in [6.07, 6.45) is 5.09. The van der Waals surface area contributed by atoms with E-state index in [2.05, 4.69) is 4.74 Å². The van der Waals surface area contributed by atoms with Crippen molar-refractivity contribution in [3.05, 3.63) is 41.5 Å². The molecule has 0 saturated heterocycles. The first kappa shape index (κ1) is 16.4. The molecule has 0 aliphatic heterocycles. The maximum Gasteiger partial charge on any atom is 0.374 e. The van der Waals surface area contributed by atoms with Gasteiger partial charge in [-0.2, -0.15) is 0 Å². The van der Waals surface area contributed by atoms with Crippen LogP contribution < -0.4 is 0 Å². The fourth-order valence-electron chi connectivity index (χ4n) is 2.93. The van der Waals surface area contributed by atoms with Gasteiger partial charge in [-0.3, -0.25) is 4.79 Å². The average molecular weight is 302 g/mol. The molecule has 3 atom stereocenters. The first-order valence-corrected chi connectivity index (χ1v) is 7.65. The van der Waals surface area contributed by atoms with Crippen LogP contribution in [0.4, 0.5) is 0 Å². The smallest absolute Gasteiger partial charge is 0.374 e. The predicted molar refractivity (Wildman–Crippen MR) is 84.3 cm³/mol. The molecule has 1 N–H and O–H groups in total. The molecular formula is C18H22O4. The van der Waals surface area contributed by atoms with E-state index in [1.165, 1.54) is 7.11 Å². The monoisotopic (exact) mass is 302 g/mol. The lowest BCUT2D eigenvalue weighted by Crippen LogP contribution is -2.29. The summed E-state index contributed by atoms with van der Waals surface area (Å²) in [6.45, 7) is 1.90. The summed E-state index contributed by atoms with van der Waals surface area (Å²) in [5.74, 6) is -1.95. The van der Waals surface area contributed by atoms with E-state index in [1.54, 1.807) is 0 Å². The van der Waals surface area contributed by atoms with Crippen LogP contribution >= 0.6 is 0 Å². The first-order chi connectivity index (χ1) is 10.6. The lowest BCUT2D eigenvalue weighted by molar-refractivity contribution is -0.153. The molecule has 1 aromatic carbocycles. The third-order valence-corrected chi connectivity index (χ3v) is 4.28. The molecule has 1 aromatic rings. The van der Waals surface area contributed by atoms with Gasteiger partial charge in [0.2, 0.25) is 5.78 Å². The van der Waals surface area contributed by atoms with Crippen LogP contribution in [0.5, 0.6) is 0 Å². The van der Waals surface area contributed by atoms with Gasteiger partial charge in [0, 0.05) is 11.8 Å². The third-order valence-electron chi connectivity index (χ3n) is 4.28. The van der Waals surface area contributed by atoms with Crippen molar-refractivity contribution in [2.24, 2.45) is 5.92 Å². The van der Waals surface area contributed by atoms with Crippen molar-refractivity contribution in [1.29, 1.82) is 0 Å². The Bertz CT molecular complexity index is 576. The zero-order chi connectivity index (χ0) is 16.1. The predicted octanol–water partition coefficient (Wildman–Crippen LogP) is 2.71. The van der Waals surface area contributed by atoms with E-state index in [0.717, 1.165) is 11.1 Å². The topological polar surface area (TPSA) is 63.6 Å². The molecule has 4 heteroatoms. The fraction of sp³-hybridized carbons (Fsp3) is 0.444. The Morgan fingerprint density at radius 1 is 1.27 bits per heavy atom. The van der Waals surface area contributed by atoms with E-state index in [9.17, 15) is 14.7 Å². The summed E-state index contributed by atoms with van der Waals surface area (Å²) in [7, 11) is 1.22.